The Bertz CT molecular complexity index is 771. The highest BCUT2D eigenvalue weighted by atomic mass is 35.5. The van der Waals surface area contributed by atoms with Crippen molar-refractivity contribution in [1.29, 1.82) is 5.26 Å². The lowest BCUT2D eigenvalue weighted by atomic mass is 10.2. The van der Waals surface area contributed by atoms with Crippen LogP contribution in [0.3, 0.4) is 0 Å². The summed E-state index contributed by atoms with van der Waals surface area (Å²) >= 11 is 5.87. The van der Waals surface area contributed by atoms with E-state index in [1.807, 2.05) is 9.80 Å². The number of benzene rings is 1. The number of carbonyl (C=O) groups excluding carboxylic acids is 1. The Labute approximate surface area is 145 Å². The minimum Gasteiger partial charge on any atom is -0.352 e. The molecule has 2 aromatic rings. The number of hydrogen-bond donors (Lipinski definition) is 0. The Hall–Kier alpha value is -2.65. The third-order valence-electron chi connectivity index (χ3n) is 3.96. The van der Waals surface area contributed by atoms with E-state index in [1.165, 1.54) is 6.20 Å². The molecule has 122 valence electrons. The first-order valence-electron chi connectivity index (χ1n) is 7.70. The highest BCUT2D eigenvalue weighted by Gasteiger charge is 2.22. The highest BCUT2D eigenvalue weighted by molar-refractivity contribution is 6.30. The lowest BCUT2D eigenvalue weighted by Gasteiger charge is -2.23. The quantitative estimate of drug-likeness (QED) is 0.838. The van der Waals surface area contributed by atoms with Gasteiger partial charge in [0.15, 0.2) is 11.5 Å². The van der Waals surface area contributed by atoms with Gasteiger partial charge >= 0.3 is 0 Å². The Morgan fingerprint density at radius 3 is 2.58 bits per heavy atom. The van der Waals surface area contributed by atoms with Gasteiger partial charge in [-0.2, -0.15) is 5.26 Å². The van der Waals surface area contributed by atoms with E-state index < -0.39 is 0 Å². The van der Waals surface area contributed by atoms with E-state index in [-0.39, 0.29) is 5.91 Å². The minimum atomic E-state index is -0.00632. The zero-order valence-corrected chi connectivity index (χ0v) is 13.8. The number of anilines is 1. The second-order valence-corrected chi connectivity index (χ2v) is 5.92. The van der Waals surface area contributed by atoms with Gasteiger partial charge in [-0.25, -0.2) is 9.97 Å². The molecule has 0 N–H and O–H groups in total. The maximum absolute atomic E-state index is 12.6. The zero-order valence-electron chi connectivity index (χ0n) is 13.0. The van der Waals surface area contributed by atoms with Gasteiger partial charge in [-0.1, -0.05) is 11.6 Å². The molecule has 1 amide bonds. The number of aromatic nitrogens is 2. The van der Waals surface area contributed by atoms with E-state index in [0.717, 1.165) is 13.0 Å². The maximum Gasteiger partial charge on any atom is 0.253 e. The summed E-state index contributed by atoms with van der Waals surface area (Å²) in [4.78, 5) is 24.8. The van der Waals surface area contributed by atoms with Crippen LogP contribution < -0.4 is 4.90 Å². The van der Waals surface area contributed by atoms with Crippen molar-refractivity contribution in [1.82, 2.24) is 14.9 Å². The fourth-order valence-corrected chi connectivity index (χ4v) is 2.87. The van der Waals surface area contributed by atoms with Gasteiger partial charge in [-0.15, -0.1) is 0 Å². The van der Waals surface area contributed by atoms with Crippen molar-refractivity contribution in [3.63, 3.8) is 0 Å². The molecule has 3 rings (SSSR count). The number of halogens is 1. The molecule has 1 aliphatic rings. The van der Waals surface area contributed by atoms with E-state index in [1.54, 1.807) is 30.5 Å². The van der Waals surface area contributed by atoms with Crippen LogP contribution in [0.25, 0.3) is 0 Å². The summed E-state index contributed by atoms with van der Waals surface area (Å²) in [6.07, 6.45) is 3.90. The maximum atomic E-state index is 12.6. The van der Waals surface area contributed by atoms with Crippen molar-refractivity contribution in [3.05, 3.63) is 52.9 Å². The molecule has 1 aromatic heterocycles. The third-order valence-corrected chi connectivity index (χ3v) is 4.21. The van der Waals surface area contributed by atoms with Crippen LogP contribution in [0.2, 0.25) is 5.02 Å². The molecule has 2 heterocycles. The van der Waals surface area contributed by atoms with Gasteiger partial charge in [0, 0.05) is 49.2 Å². The first-order chi connectivity index (χ1) is 11.7. The normalized spacial score (nSPS) is 14.8. The molecule has 0 spiro atoms. The van der Waals surface area contributed by atoms with Crippen LogP contribution in [0, 0.1) is 11.3 Å². The second-order valence-electron chi connectivity index (χ2n) is 5.48. The van der Waals surface area contributed by atoms with Gasteiger partial charge in [0.25, 0.3) is 5.91 Å². The van der Waals surface area contributed by atoms with Crippen LogP contribution in [-0.4, -0.2) is 47.0 Å². The molecule has 0 bridgehead atoms. The number of carbonyl (C=O) groups is 1. The average Bonchev–Trinajstić information content (AvgIpc) is 2.88. The van der Waals surface area contributed by atoms with Crippen LogP contribution in [0.5, 0.6) is 0 Å². The van der Waals surface area contributed by atoms with Crippen molar-refractivity contribution in [2.75, 3.05) is 31.1 Å². The third kappa shape index (κ3) is 3.47. The molecule has 1 saturated heterocycles. The molecule has 0 saturated carbocycles. The predicted octanol–water partition coefficient (Wildman–Crippen LogP) is 2.35. The average molecular weight is 342 g/mol. The van der Waals surface area contributed by atoms with E-state index in [0.29, 0.717) is 41.7 Å². The summed E-state index contributed by atoms with van der Waals surface area (Å²) in [7, 11) is 0. The number of nitriles is 1. The number of amides is 1. The standard InChI is InChI=1S/C17H16ClN5O/c18-14-4-2-13(3-5-14)17(24)23-9-1-8-22(10-11-23)16-15(12-19)20-6-7-21-16/h2-7H,1,8-11H2. The lowest BCUT2D eigenvalue weighted by molar-refractivity contribution is 0.0767. The monoisotopic (exact) mass is 341 g/mol. The molecule has 0 aliphatic carbocycles. The first-order valence-corrected chi connectivity index (χ1v) is 8.08. The molecule has 6 nitrogen and oxygen atoms in total. The van der Waals surface area contributed by atoms with E-state index >= 15 is 0 Å². The fourth-order valence-electron chi connectivity index (χ4n) is 2.75. The van der Waals surface area contributed by atoms with Gasteiger partial charge < -0.3 is 9.80 Å². The summed E-state index contributed by atoms with van der Waals surface area (Å²) in [5.41, 5.74) is 0.944. The molecule has 0 radical (unpaired) electrons. The van der Waals surface area contributed by atoms with Gasteiger partial charge in [-0.05, 0) is 30.7 Å². The lowest BCUT2D eigenvalue weighted by Crippen LogP contribution is -2.35. The number of nitrogens with zero attached hydrogens (tertiary/aromatic N) is 5. The van der Waals surface area contributed by atoms with Gasteiger partial charge in [0.2, 0.25) is 0 Å². The Kier molecular flexibility index (Phi) is 4.92. The van der Waals surface area contributed by atoms with E-state index in [2.05, 4.69) is 16.0 Å². The van der Waals surface area contributed by atoms with Crippen molar-refractivity contribution >= 4 is 23.3 Å². The molecule has 1 fully saturated rings. The molecule has 7 heteroatoms. The summed E-state index contributed by atoms with van der Waals surface area (Å²) in [6.45, 7) is 2.59. The molecule has 24 heavy (non-hydrogen) atoms. The fraction of sp³-hybridized carbons (Fsp3) is 0.294. The molecule has 1 aliphatic heterocycles. The molecular weight excluding hydrogens is 326 g/mol. The van der Waals surface area contributed by atoms with Crippen molar-refractivity contribution in [2.24, 2.45) is 0 Å². The largest absolute Gasteiger partial charge is 0.352 e. The number of rotatable bonds is 2. The summed E-state index contributed by atoms with van der Waals surface area (Å²) in [5.74, 6) is 0.578. The summed E-state index contributed by atoms with van der Waals surface area (Å²) < 4.78 is 0. The smallest absolute Gasteiger partial charge is 0.253 e. The van der Waals surface area contributed by atoms with Crippen LogP contribution in [0.4, 0.5) is 5.82 Å². The SMILES string of the molecule is N#Cc1nccnc1N1CCCN(C(=O)c2ccc(Cl)cc2)CC1. The van der Waals surface area contributed by atoms with Crippen molar-refractivity contribution < 1.29 is 4.79 Å². The first kappa shape index (κ1) is 16.2. The molecule has 0 atom stereocenters. The van der Waals surface area contributed by atoms with Crippen LogP contribution in [-0.2, 0) is 0 Å². The second kappa shape index (κ2) is 7.28. The van der Waals surface area contributed by atoms with Crippen molar-refractivity contribution in [3.8, 4) is 6.07 Å². The predicted molar refractivity (Wildman–Crippen MR) is 90.9 cm³/mol. The topological polar surface area (TPSA) is 73.1 Å². The van der Waals surface area contributed by atoms with E-state index in [4.69, 9.17) is 11.6 Å². The Morgan fingerprint density at radius 2 is 1.83 bits per heavy atom. The zero-order chi connectivity index (χ0) is 16.9. The highest BCUT2D eigenvalue weighted by Crippen LogP contribution is 2.18. The van der Waals surface area contributed by atoms with Gasteiger partial charge in [0.1, 0.15) is 6.07 Å². The van der Waals surface area contributed by atoms with Crippen LogP contribution in [0.15, 0.2) is 36.7 Å². The van der Waals surface area contributed by atoms with Crippen molar-refractivity contribution in [2.45, 2.75) is 6.42 Å². The molecule has 0 unspecified atom stereocenters. The number of hydrogen-bond acceptors (Lipinski definition) is 5. The Balaban J connectivity index is 1.72. The minimum absolute atomic E-state index is 0.00632. The van der Waals surface area contributed by atoms with Crippen LogP contribution in [0.1, 0.15) is 22.5 Å². The summed E-state index contributed by atoms with van der Waals surface area (Å²) in [6, 6.07) is 8.99. The van der Waals surface area contributed by atoms with Gasteiger partial charge in [-0.3, -0.25) is 4.79 Å². The van der Waals surface area contributed by atoms with Gasteiger partial charge in [0.05, 0.1) is 0 Å². The molecule has 1 aromatic carbocycles. The van der Waals surface area contributed by atoms with E-state index in [9.17, 15) is 10.1 Å². The molecular formula is C17H16ClN5O. The summed E-state index contributed by atoms with van der Waals surface area (Å²) in [5, 5.41) is 9.79. The Morgan fingerprint density at radius 1 is 1.08 bits per heavy atom. The van der Waals surface area contributed by atoms with Crippen LogP contribution >= 0.6 is 11.6 Å².